The fourth-order valence-electron chi connectivity index (χ4n) is 2.38. The van der Waals surface area contributed by atoms with Gasteiger partial charge in [0.05, 0.1) is 19.2 Å². The smallest absolute Gasteiger partial charge is 0.307 e. The van der Waals surface area contributed by atoms with Gasteiger partial charge in [-0.1, -0.05) is 5.92 Å². The number of carbonyl (C=O) groups excluding carboxylic acids is 1. The van der Waals surface area contributed by atoms with Crippen molar-refractivity contribution in [2.45, 2.75) is 0 Å². The maximum absolute atomic E-state index is 12.2. The predicted octanol–water partition coefficient (Wildman–Crippen LogP) is 4.48. The van der Waals surface area contributed by atoms with Crippen LogP contribution in [0.1, 0.15) is 16.1 Å². The van der Waals surface area contributed by atoms with Gasteiger partial charge >= 0.3 is 5.91 Å². The molecule has 0 aliphatic carbocycles. The lowest BCUT2D eigenvalue weighted by atomic mass is 10.2. The number of nitrogens with zero attached hydrogens (tertiary/aromatic N) is 2. The van der Waals surface area contributed by atoms with Crippen LogP contribution in [0.4, 0.5) is 5.69 Å². The number of amides is 1. The van der Waals surface area contributed by atoms with Crippen molar-refractivity contribution in [3.63, 3.8) is 0 Å². The third-order valence-electron chi connectivity index (χ3n) is 3.63. The molecule has 3 aromatic rings. The van der Waals surface area contributed by atoms with Gasteiger partial charge in [-0.25, -0.2) is 5.43 Å². The molecule has 0 radical (unpaired) electrons. The van der Waals surface area contributed by atoms with E-state index in [1.54, 1.807) is 6.07 Å². The highest BCUT2D eigenvalue weighted by Crippen LogP contribution is 2.31. The summed E-state index contributed by atoms with van der Waals surface area (Å²) in [4.78, 5) is 22.6. The number of carbonyl (C=O) groups is 1. The number of hydrogen-bond donors (Lipinski definition) is 1. The second kappa shape index (κ2) is 9.06. The minimum absolute atomic E-state index is 0.00792. The van der Waals surface area contributed by atoms with E-state index < -0.39 is 10.8 Å². The number of nitrogens with one attached hydrogen (secondary N) is 1. The number of benzene rings is 2. The number of fused-ring (bicyclic) bond motifs is 1. The molecule has 1 amide bonds. The van der Waals surface area contributed by atoms with Crippen LogP contribution in [0, 0.1) is 26.0 Å². The minimum atomic E-state index is -0.581. The lowest BCUT2D eigenvalue weighted by molar-refractivity contribution is -0.384. The zero-order valence-corrected chi connectivity index (χ0v) is 18.3. The first-order chi connectivity index (χ1) is 13.9. The Labute approximate surface area is 186 Å². The van der Waals surface area contributed by atoms with Crippen LogP contribution in [-0.2, 0) is 0 Å². The predicted molar refractivity (Wildman–Crippen MR) is 119 cm³/mol. The van der Waals surface area contributed by atoms with Gasteiger partial charge in [-0.05, 0) is 68.3 Å². The van der Waals surface area contributed by atoms with Crippen LogP contribution in [0.15, 0.2) is 50.4 Å². The fourth-order valence-corrected chi connectivity index (χ4v) is 4.15. The summed E-state index contributed by atoms with van der Waals surface area (Å²) < 4.78 is 12.4. The summed E-state index contributed by atoms with van der Waals surface area (Å²) in [6.45, 7) is 0.152. The number of furan rings is 1. The van der Waals surface area contributed by atoms with E-state index in [4.69, 9.17) is 15.6 Å². The van der Waals surface area contributed by atoms with Gasteiger partial charge in [0, 0.05) is 17.5 Å². The molecule has 0 aliphatic rings. The van der Waals surface area contributed by atoms with E-state index in [-0.39, 0.29) is 18.1 Å². The summed E-state index contributed by atoms with van der Waals surface area (Å²) in [5, 5.41) is 15.2. The molecular formula is C19H11BrIN3O5. The molecule has 0 saturated heterocycles. The zero-order valence-electron chi connectivity index (χ0n) is 14.5. The van der Waals surface area contributed by atoms with Gasteiger partial charge in [0.1, 0.15) is 17.9 Å². The Morgan fingerprint density at radius 2 is 2.21 bits per heavy atom. The Balaban J connectivity index is 1.72. The molecular weight excluding hydrogens is 557 g/mol. The van der Waals surface area contributed by atoms with E-state index in [0.717, 1.165) is 9.13 Å². The molecule has 1 heterocycles. The Kier molecular flexibility index (Phi) is 6.50. The number of nitro groups is 1. The van der Waals surface area contributed by atoms with Crippen molar-refractivity contribution in [1.82, 2.24) is 5.43 Å². The number of ether oxygens (including phenoxy) is 1. The Bertz CT molecular complexity index is 1160. The van der Waals surface area contributed by atoms with Crippen molar-refractivity contribution in [2.24, 2.45) is 5.10 Å². The monoisotopic (exact) mass is 567 g/mol. The van der Waals surface area contributed by atoms with Gasteiger partial charge < -0.3 is 9.15 Å². The van der Waals surface area contributed by atoms with Crippen LogP contribution >= 0.6 is 38.5 Å². The first-order valence-electron chi connectivity index (χ1n) is 7.95. The summed E-state index contributed by atoms with van der Waals surface area (Å²) in [5.41, 5.74) is 3.36. The Morgan fingerprint density at radius 1 is 1.41 bits per heavy atom. The fraction of sp³-hybridized carbons (Fsp3) is 0.0526. The normalized spacial score (nSPS) is 10.8. The minimum Gasteiger partial charge on any atom is -0.479 e. The number of hydrazone groups is 1. The molecule has 3 rings (SSSR count). The highest BCUT2D eigenvalue weighted by Gasteiger charge is 2.14. The van der Waals surface area contributed by atoms with Gasteiger partial charge in [-0.3, -0.25) is 14.9 Å². The molecule has 0 saturated carbocycles. The van der Waals surface area contributed by atoms with Crippen molar-refractivity contribution < 1.29 is 18.9 Å². The molecule has 0 unspecified atom stereocenters. The largest absolute Gasteiger partial charge is 0.479 e. The van der Waals surface area contributed by atoms with Gasteiger partial charge in [-0.15, -0.1) is 6.42 Å². The van der Waals surface area contributed by atoms with E-state index in [0.29, 0.717) is 21.2 Å². The van der Waals surface area contributed by atoms with Crippen molar-refractivity contribution >= 4 is 67.3 Å². The molecule has 10 heteroatoms. The van der Waals surface area contributed by atoms with Gasteiger partial charge in [0.15, 0.2) is 5.76 Å². The zero-order chi connectivity index (χ0) is 21.0. The third kappa shape index (κ3) is 4.93. The van der Waals surface area contributed by atoms with E-state index >= 15 is 0 Å². The molecule has 0 bridgehead atoms. The molecule has 146 valence electrons. The van der Waals surface area contributed by atoms with E-state index in [2.05, 4.69) is 55.0 Å². The maximum Gasteiger partial charge on any atom is 0.307 e. The molecule has 29 heavy (non-hydrogen) atoms. The van der Waals surface area contributed by atoms with Crippen molar-refractivity contribution in [3.8, 4) is 18.1 Å². The molecule has 8 nitrogen and oxygen atoms in total. The summed E-state index contributed by atoms with van der Waals surface area (Å²) in [5.74, 6) is 2.44. The molecule has 2 aromatic carbocycles. The number of rotatable bonds is 6. The SMILES string of the molecule is C#CCOc1c(Br)cc(/C=N/NC(=O)c2cc3cc([N+](=O)[O-])ccc3o2)cc1I. The lowest BCUT2D eigenvalue weighted by Gasteiger charge is -2.08. The average molecular weight is 568 g/mol. The van der Waals surface area contributed by atoms with Crippen LogP contribution in [-0.4, -0.2) is 23.7 Å². The lowest BCUT2D eigenvalue weighted by Crippen LogP contribution is -2.16. The van der Waals surface area contributed by atoms with Crippen LogP contribution < -0.4 is 10.2 Å². The number of non-ortho nitro benzene ring substituents is 1. The number of terminal acetylenes is 1. The quantitative estimate of drug-likeness (QED) is 0.155. The second-order valence-corrected chi connectivity index (χ2v) is 7.61. The molecule has 0 atom stereocenters. The highest BCUT2D eigenvalue weighted by atomic mass is 127. The number of nitro benzene ring substituents is 1. The standard InChI is InChI=1S/C19H11BrIN3O5/c1-2-5-28-18-14(20)6-11(7-15(18)21)10-22-23-19(25)17-9-12-8-13(24(26)27)3-4-16(12)29-17/h1,3-4,6-10H,5H2,(H,23,25)/b22-10+. The van der Waals surface area contributed by atoms with E-state index in [1.807, 2.05) is 6.07 Å². The molecule has 0 fully saturated rings. The van der Waals surface area contributed by atoms with Gasteiger partial charge in [0.2, 0.25) is 0 Å². The number of hydrogen-bond acceptors (Lipinski definition) is 6. The summed E-state index contributed by atoms with van der Waals surface area (Å²) >= 11 is 5.52. The van der Waals surface area contributed by atoms with Gasteiger partial charge in [0.25, 0.3) is 5.69 Å². The first-order valence-corrected chi connectivity index (χ1v) is 9.83. The Hall–Kier alpha value is -2.91. The van der Waals surface area contributed by atoms with E-state index in [1.165, 1.54) is 30.5 Å². The van der Waals surface area contributed by atoms with Crippen LogP contribution in [0.5, 0.6) is 5.75 Å². The topological polar surface area (TPSA) is 107 Å². The third-order valence-corrected chi connectivity index (χ3v) is 5.02. The molecule has 0 spiro atoms. The summed E-state index contributed by atoms with van der Waals surface area (Å²) in [6.07, 6.45) is 6.66. The van der Waals surface area contributed by atoms with E-state index in [9.17, 15) is 14.9 Å². The number of halogens is 2. The van der Waals surface area contributed by atoms with Crippen LogP contribution in [0.25, 0.3) is 11.0 Å². The van der Waals surface area contributed by atoms with Crippen LogP contribution in [0.3, 0.4) is 0 Å². The van der Waals surface area contributed by atoms with Crippen molar-refractivity contribution in [1.29, 1.82) is 0 Å². The van der Waals surface area contributed by atoms with Crippen LogP contribution in [0.2, 0.25) is 0 Å². The molecule has 1 aromatic heterocycles. The Morgan fingerprint density at radius 3 is 2.90 bits per heavy atom. The van der Waals surface area contributed by atoms with Gasteiger partial charge in [-0.2, -0.15) is 5.10 Å². The molecule has 0 aliphatic heterocycles. The van der Waals surface area contributed by atoms with Crippen molar-refractivity contribution in [3.05, 3.63) is 65.9 Å². The second-order valence-electron chi connectivity index (χ2n) is 5.60. The average Bonchev–Trinajstić information content (AvgIpc) is 3.10. The summed E-state index contributed by atoms with van der Waals surface area (Å²) in [6, 6.07) is 9.09. The van der Waals surface area contributed by atoms with Crippen molar-refractivity contribution in [2.75, 3.05) is 6.61 Å². The maximum atomic E-state index is 12.2. The first kappa shape index (κ1) is 20.8. The summed E-state index contributed by atoms with van der Waals surface area (Å²) in [7, 11) is 0. The molecule has 1 N–H and O–H groups in total. The highest BCUT2D eigenvalue weighted by molar-refractivity contribution is 14.1.